The van der Waals surface area contributed by atoms with Crippen molar-refractivity contribution in [1.82, 2.24) is 10.2 Å². The van der Waals surface area contributed by atoms with Gasteiger partial charge < -0.3 is 24.8 Å². The number of hydrogen-bond donors (Lipinski definition) is 2. The first kappa shape index (κ1) is 16.9. The number of carbonyl (C=O) groups excluding carboxylic acids is 1. The maximum absolute atomic E-state index is 11.9. The van der Waals surface area contributed by atoms with Crippen LogP contribution in [0.2, 0.25) is 0 Å². The predicted molar refractivity (Wildman–Crippen MR) is 83.8 cm³/mol. The van der Waals surface area contributed by atoms with Crippen LogP contribution in [-0.2, 0) is 4.79 Å². The van der Waals surface area contributed by atoms with Crippen LogP contribution in [0.5, 0.6) is 11.5 Å². The summed E-state index contributed by atoms with van der Waals surface area (Å²) in [4.78, 5) is 24.3. The van der Waals surface area contributed by atoms with E-state index in [2.05, 4.69) is 5.32 Å². The third-order valence-electron chi connectivity index (χ3n) is 3.75. The first-order valence-corrected chi connectivity index (χ1v) is 7.62. The molecule has 2 N–H and O–H groups in total. The van der Waals surface area contributed by atoms with Crippen molar-refractivity contribution in [2.45, 2.75) is 12.8 Å². The molecule has 0 bridgehead atoms. The van der Waals surface area contributed by atoms with E-state index in [1.165, 1.54) is 0 Å². The summed E-state index contributed by atoms with van der Waals surface area (Å²) in [5.41, 5.74) is 0. The lowest BCUT2D eigenvalue weighted by Crippen LogP contribution is -2.39. The molecule has 7 nitrogen and oxygen atoms in total. The second kappa shape index (κ2) is 8.26. The van der Waals surface area contributed by atoms with Crippen LogP contribution in [0.4, 0.5) is 4.79 Å². The molecule has 0 radical (unpaired) electrons. The minimum atomic E-state index is -0.840. The van der Waals surface area contributed by atoms with Gasteiger partial charge in [0.25, 0.3) is 0 Å². The standard InChI is InChI=1S/C16H22N2O5/c1-22-13-3-5-14(6-4-13)23-10-2-8-17-16(21)18-9-7-12(11-18)15(19)20/h3-6,12H,2,7-11H2,1H3,(H,17,21)(H,19,20). The summed E-state index contributed by atoms with van der Waals surface area (Å²) in [6, 6.07) is 7.09. The van der Waals surface area contributed by atoms with Gasteiger partial charge in [-0.1, -0.05) is 0 Å². The summed E-state index contributed by atoms with van der Waals surface area (Å²) in [7, 11) is 1.61. The Morgan fingerprint density at radius 1 is 1.30 bits per heavy atom. The lowest BCUT2D eigenvalue weighted by molar-refractivity contribution is -0.141. The van der Waals surface area contributed by atoms with Crippen LogP contribution in [0.3, 0.4) is 0 Å². The van der Waals surface area contributed by atoms with Gasteiger partial charge in [-0.3, -0.25) is 4.79 Å². The Morgan fingerprint density at radius 3 is 2.61 bits per heavy atom. The summed E-state index contributed by atoms with van der Waals surface area (Å²) >= 11 is 0. The Balaban J connectivity index is 1.60. The van der Waals surface area contributed by atoms with Gasteiger partial charge in [0.1, 0.15) is 11.5 Å². The maximum atomic E-state index is 11.9. The third kappa shape index (κ3) is 5.05. The Morgan fingerprint density at radius 2 is 2.00 bits per heavy atom. The maximum Gasteiger partial charge on any atom is 0.317 e. The number of likely N-dealkylation sites (tertiary alicyclic amines) is 1. The minimum Gasteiger partial charge on any atom is -0.497 e. The van der Waals surface area contributed by atoms with E-state index in [1.807, 2.05) is 24.3 Å². The van der Waals surface area contributed by atoms with Gasteiger partial charge in [0, 0.05) is 19.6 Å². The van der Waals surface area contributed by atoms with Gasteiger partial charge in [0.15, 0.2) is 0 Å². The molecule has 2 rings (SSSR count). The molecule has 1 unspecified atom stereocenters. The van der Waals surface area contributed by atoms with Gasteiger partial charge in [-0.15, -0.1) is 0 Å². The van der Waals surface area contributed by atoms with Gasteiger partial charge in [-0.2, -0.15) is 0 Å². The Kier molecular flexibility index (Phi) is 6.08. The zero-order chi connectivity index (χ0) is 16.7. The number of carboxylic acid groups (broad SMARTS) is 1. The molecule has 7 heteroatoms. The molecule has 0 saturated carbocycles. The minimum absolute atomic E-state index is 0.210. The van der Waals surface area contributed by atoms with Crippen LogP contribution in [0.15, 0.2) is 24.3 Å². The lowest BCUT2D eigenvalue weighted by Gasteiger charge is -2.16. The molecule has 0 aromatic heterocycles. The van der Waals surface area contributed by atoms with Crippen LogP contribution in [0.1, 0.15) is 12.8 Å². The van der Waals surface area contributed by atoms with Gasteiger partial charge in [0.05, 0.1) is 19.6 Å². The highest BCUT2D eigenvalue weighted by Crippen LogP contribution is 2.17. The van der Waals surface area contributed by atoms with E-state index < -0.39 is 11.9 Å². The highest BCUT2D eigenvalue weighted by Gasteiger charge is 2.30. The lowest BCUT2D eigenvalue weighted by atomic mass is 10.1. The topological polar surface area (TPSA) is 88.1 Å². The first-order valence-electron chi connectivity index (χ1n) is 7.62. The number of ether oxygens (including phenoxy) is 2. The number of methoxy groups -OCH3 is 1. The van der Waals surface area contributed by atoms with Crippen molar-refractivity contribution in [3.8, 4) is 11.5 Å². The largest absolute Gasteiger partial charge is 0.497 e. The number of carbonyl (C=O) groups is 2. The van der Waals surface area contributed by atoms with E-state index in [-0.39, 0.29) is 12.6 Å². The molecule has 1 fully saturated rings. The predicted octanol–water partition coefficient (Wildman–Crippen LogP) is 1.58. The van der Waals surface area contributed by atoms with Crippen LogP contribution in [-0.4, -0.2) is 55.4 Å². The third-order valence-corrected chi connectivity index (χ3v) is 3.75. The molecular weight excluding hydrogens is 300 g/mol. The highest BCUT2D eigenvalue weighted by atomic mass is 16.5. The van der Waals surface area contributed by atoms with Crippen LogP contribution in [0, 0.1) is 5.92 Å². The van der Waals surface area contributed by atoms with Crippen LogP contribution in [0.25, 0.3) is 0 Å². The fourth-order valence-corrected chi connectivity index (χ4v) is 2.39. The Bertz CT molecular complexity index is 532. The molecule has 2 amide bonds. The molecule has 1 heterocycles. The zero-order valence-electron chi connectivity index (χ0n) is 13.2. The van der Waals surface area contributed by atoms with E-state index in [9.17, 15) is 9.59 Å². The molecule has 1 aliphatic heterocycles. The molecule has 126 valence electrons. The zero-order valence-corrected chi connectivity index (χ0v) is 13.2. The van der Waals surface area contributed by atoms with Gasteiger partial charge >= 0.3 is 12.0 Å². The summed E-state index contributed by atoms with van der Waals surface area (Å²) in [6.07, 6.45) is 1.19. The van der Waals surface area contributed by atoms with Crippen LogP contribution < -0.4 is 14.8 Å². The van der Waals surface area contributed by atoms with Crippen molar-refractivity contribution in [3.05, 3.63) is 24.3 Å². The Labute approximate surface area is 135 Å². The van der Waals surface area contributed by atoms with E-state index in [4.69, 9.17) is 14.6 Å². The Hall–Kier alpha value is -2.44. The molecule has 0 aliphatic carbocycles. The molecule has 1 aliphatic rings. The molecule has 0 spiro atoms. The molecule has 1 aromatic rings. The van der Waals surface area contributed by atoms with Crippen molar-refractivity contribution < 1.29 is 24.2 Å². The summed E-state index contributed by atoms with van der Waals surface area (Å²) in [5, 5.41) is 11.7. The number of carboxylic acids is 1. The molecule has 1 saturated heterocycles. The van der Waals surface area contributed by atoms with E-state index in [0.29, 0.717) is 32.5 Å². The molecular formula is C16H22N2O5. The highest BCUT2D eigenvalue weighted by molar-refractivity contribution is 5.77. The fraction of sp³-hybridized carbons (Fsp3) is 0.500. The second-order valence-electron chi connectivity index (χ2n) is 5.38. The average molecular weight is 322 g/mol. The summed E-state index contributed by atoms with van der Waals surface area (Å²) in [6.45, 7) is 1.75. The van der Waals surface area contributed by atoms with E-state index in [1.54, 1.807) is 12.0 Å². The first-order chi connectivity index (χ1) is 11.1. The number of benzene rings is 1. The number of nitrogens with one attached hydrogen (secondary N) is 1. The van der Waals surface area contributed by atoms with Crippen LogP contribution >= 0.6 is 0 Å². The normalized spacial score (nSPS) is 16.9. The number of hydrogen-bond acceptors (Lipinski definition) is 4. The van der Waals surface area contributed by atoms with E-state index in [0.717, 1.165) is 11.5 Å². The van der Waals surface area contributed by atoms with Gasteiger partial charge in [-0.25, -0.2) is 4.79 Å². The average Bonchev–Trinajstić information content (AvgIpc) is 3.05. The summed E-state index contributed by atoms with van der Waals surface area (Å²) < 4.78 is 10.6. The van der Waals surface area contributed by atoms with Crippen molar-refractivity contribution in [3.63, 3.8) is 0 Å². The fourth-order valence-electron chi connectivity index (χ4n) is 2.39. The van der Waals surface area contributed by atoms with Gasteiger partial charge in [-0.05, 0) is 37.1 Å². The second-order valence-corrected chi connectivity index (χ2v) is 5.38. The summed E-state index contributed by atoms with van der Waals surface area (Å²) in [5.74, 6) is 0.239. The number of nitrogens with zero attached hydrogens (tertiary/aromatic N) is 1. The monoisotopic (exact) mass is 322 g/mol. The quantitative estimate of drug-likeness (QED) is 0.744. The SMILES string of the molecule is COc1ccc(OCCCNC(=O)N2CCC(C(=O)O)C2)cc1. The van der Waals surface area contributed by atoms with Crippen molar-refractivity contribution >= 4 is 12.0 Å². The number of urea groups is 1. The van der Waals surface area contributed by atoms with Crippen molar-refractivity contribution in [1.29, 1.82) is 0 Å². The van der Waals surface area contributed by atoms with Crippen molar-refractivity contribution in [2.75, 3.05) is 33.4 Å². The number of rotatable bonds is 7. The smallest absolute Gasteiger partial charge is 0.317 e. The molecule has 1 aromatic carbocycles. The number of amides is 2. The molecule has 23 heavy (non-hydrogen) atoms. The molecule has 1 atom stereocenters. The van der Waals surface area contributed by atoms with Crippen molar-refractivity contribution in [2.24, 2.45) is 5.92 Å². The van der Waals surface area contributed by atoms with Gasteiger partial charge in [0.2, 0.25) is 0 Å². The number of aliphatic carboxylic acids is 1. The van der Waals surface area contributed by atoms with E-state index >= 15 is 0 Å².